The van der Waals surface area contributed by atoms with E-state index in [1.807, 2.05) is 62.4 Å². The Balaban J connectivity index is 1.70. The van der Waals surface area contributed by atoms with Gasteiger partial charge in [0.25, 0.3) is 0 Å². The zero-order chi connectivity index (χ0) is 25.2. The normalized spacial score (nSPS) is 19.6. The Labute approximate surface area is 208 Å². The van der Waals surface area contributed by atoms with E-state index in [0.717, 1.165) is 16.7 Å². The third-order valence-corrected chi connectivity index (χ3v) is 7.69. The number of rotatable bonds is 10. The maximum Gasteiger partial charge on any atom is 0.232 e. The number of hydrogen-bond donors (Lipinski definition) is 1. The highest BCUT2D eigenvalue weighted by Crippen LogP contribution is 2.39. The molecule has 1 aromatic heterocycles. The molecule has 2 unspecified atom stereocenters. The Bertz CT molecular complexity index is 1300. The number of nitrogens with two attached hydrogens (primary N) is 1. The van der Waals surface area contributed by atoms with Gasteiger partial charge in [0.05, 0.1) is 23.7 Å². The van der Waals surface area contributed by atoms with Crippen LogP contribution in [0, 0.1) is 11.8 Å². The van der Waals surface area contributed by atoms with Crippen molar-refractivity contribution < 1.29 is 12.8 Å². The van der Waals surface area contributed by atoms with Crippen LogP contribution in [0.2, 0.25) is 0 Å². The van der Waals surface area contributed by atoms with Crippen molar-refractivity contribution in [2.45, 2.75) is 45.6 Å². The summed E-state index contributed by atoms with van der Waals surface area (Å²) in [5.41, 5.74) is 9.25. The molecule has 0 amide bonds. The standard InChI is InChI=1S/C28H35N3O3S/c1-5-13-31(35(4,32)33)25-16-22(11-12-23-14-20(23)2)15-24(17-25)27-30-19-26(34-27)28(3,29)18-21-9-7-6-8-10-21/h6-12,15-17,19-20,23H,5,13-14,18,29H2,1-4H3/t20?,23?,28-/m0/s1. The maximum atomic E-state index is 12.6. The molecule has 2 aromatic carbocycles. The smallest absolute Gasteiger partial charge is 0.232 e. The van der Waals surface area contributed by atoms with Crippen LogP contribution >= 0.6 is 0 Å². The van der Waals surface area contributed by atoms with Gasteiger partial charge in [-0.25, -0.2) is 13.4 Å². The van der Waals surface area contributed by atoms with Gasteiger partial charge in [0.15, 0.2) is 0 Å². The van der Waals surface area contributed by atoms with Crippen LogP contribution in [0.5, 0.6) is 0 Å². The molecule has 0 radical (unpaired) electrons. The minimum atomic E-state index is -3.44. The lowest BCUT2D eigenvalue weighted by Crippen LogP contribution is -2.35. The quantitative estimate of drug-likeness (QED) is 0.397. The Hall–Kier alpha value is -2.90. The molecule has 35 heavy (non-hydrogen) atoms. The van der Waals surface area contributed by atoms with Crippen LogP contribution in [0.4, 0.5) is 5.69 Å². The number of aromatic nitrogens is 1. The van der Waals surface area contributed by atoms with Crippen LogP contribution in [0.25, 0.3) is 17.5 Å². The molecule has 186 valence electrons. The second kappa shape index (κ2) is 9.99. The summed E-state index contributed by atoms with van der Waals surface area (Å²) >= 11 is 0. The lowest BCUT2D eigenvalue weighted by atomic mass is 9.92. The molecule has 1 aliphatic rings. The second-order valence-corrected chi connectivity index (χ2v) is 11.9. The molecule has 0 spiro atoms. The highest BCUT2D eigenvalue weighted by molar-refractivity contribution is 7.92. The van der Waals surface area contributed by atoms with Gasteiger partial charge in [-0.3, -0.25) is 4.31 Å². The van der Waals surface area contributed by atoms with Crippen molar-refractivity contribution in [3.63, 3.8) is 0 Å². The zero-order valence-corrected chi connectivity index (χ0v) is 21.8. The average molecular weight is 494 g/mol. The van der Waals surface area contributed by atoms with Gasteiger partial charge in [0.2, 0.25) is 15.9 Å². The molecule has 1 heterocycles. The van der Waals surface area contributed by atoms with Crippen molar-refractivity contribution in [2.24, 2.45) is 17.6 Å². The van der Waals surface area contributed by atoms with Crippen LogP contribution in [0.3, 0.4) is 0 Å². The van der Waals surface area contributed by atoms with E-state index in [1.165, 1.54) is 17.0 Å². The largest absolute Gasteiger partial charge is 0.439 e. The van der Waals surface area contributed by atoms with E-state index in [1.54, 1.807) is 6.20 Å². The number of sulfonamides is 1. The molecule has 3 atom stereocenters. The minimum absolute atomic E-state index is 0.403. The second-order valence-electron chi connectivity index (χ2n) is 9.99. The molecule has 3 aromatic rings. The Kier molecular flexibility index (Phi) is 7.20. The van der Waals surface area contributed by atoms with Crippen LogP contribution < -0.4 is 10.0 Å². The van der Waals surface area contributed by atoms with Gasteiger partial charge in [0.1, 0.15) is 5.76 Å². The summed E-state index contributed by atoms with van der Waals surface area (Å²) in [4.78, 5) is 4.52. The third kappa shape index (κ3) is 6.21. The van der Waals surface area contributed by atoms with Crippen molar-refractivity contribution in [1.29, 1.82) is 0 Å². The molecular weight excluding hydrogens is 458 g/mol. The van der Waals surface area contributed by atoms with Crippen molar-refractivity contribution in [3.8, 4) is 11.5 Å². The van der Waals surface area contributed by atoms with E-state index in [4.69, 9.17) is 10.2 Å². The average Bonchev–Trinajstić information content (AvgIpc) is 3.28. The van der Waals surface area contributed by atoms with E-state index < -0.39 is 15.6 Å². The first-order valence-corrected chi connectivity index (χ1v) is 14.0. The summed E-state index contributed by atoms with van der Waals surface area (Å²) < 4.78 is 32.7. The molecular formula is C28H35N3O3S. The van der Waals surface area contributed by atoms with Gasteiger partial charge in [-0.1, -0.05) is 56.3 Å². The highest BCUT2D eigenvalue weighted by Gasteiger charge is 2.30. The summed E-state index contributed by atoms with van der Waals surface area (Å²) in [6.45, 7) is 6.53. The fourth-order valence-electron chi connectivity index (χ4n) is 4.32. The number of anilines is 1. The van der Waals surface area contributed by atoms with E-state index in [9.17, 15) is 8.42 Å². The molecule has 7 heteroatoms. The topological polar surface area (TPSA) is 89.4 Å². The first-order valence-electron chi connectivity index (χ1n) is 12.2. The first-order chi connectivity index (χ1) is 16.6. The highest BCUT2D eigenvalue weighted by atomic mass is 32.2. The summed E-state index contributed by atoms with van der Waals surface area (Å²) in [6.07, 6.45) is 9.69. The predicted molar refractivity (Wildman–Crippen MR) is 142 cm³/mol. The number of nitrogens with zero attached hydrogens (tertiary/aromatic N) is 2. The van der Waals surface area contributed by atoms with Crippen LogP contribution in [0.15, 0.2) is 65.2 Å². The van der Waals surface area contributed by atoms with E-state index in [2.05, 4.69) is 24.1 Å². The molecule has 4 rings (SSSR count). The van der Waals surface area contributed by atoms with E-state index in [0.29, 0.717) is 48.6 Å². The van der Waals surface area contributed by atoms with Gasteiger partial charge in [-0.2, -0.15) is 0 Å². The van der Waals surface area contributed by atoms with Crippen molar-refractivity contribution in [3.05, 3.63) is 77.7 Å². The molecule has 0 bridgehead atoms. The van der Waals surface area contributed by atoms with Crippen molar-refractivity contribution in [2.75, 3.05) is 17.1 Å². The van der Waals surface area contributed by atoms with Gasteiger partial charge < -0.3 is 10.2 Å². The maximum absolute atomic E-state index is 12.6. The van der Waals surface area contributed by atoms with Crippen LogP contribution in [-0.2, 0) is 22.0 Å². The number of hydrogen-bond acceptors (Lipinski definition) is 5. The lowest BCUT2D eigenvalue weighted by Gasteiger charge is -2.23. The first kappa shape index (κ1) is 25.2. The monoisotopic (exact) mass is 493 g/mol. The fraction of sp³-hybridized carbons (Fsp3) is 0.393. The molecule has 6 nitrogen and oxygen atoms in total. The lowest BCUT2D eigenvalue weighted by molar-refractivity contribution is 0.371. The molecule has 2 N–H and O–H groups in total. The predicted octanol–water partition coefficient (Wildman–Crippen LogP) is 5.60. The Morgan fingerprint density at radius 1 is 1.23 bits per heavy atom. The van der Waals surface area contributed by atoms with E-state index in [-0.39, 0.29) is 0 Å². The zero-order valence-electron chi connectivity index (χ0n) is 20.9. The number of oxazole rings is 1. The van der Waals surface area contributed by atoms with Gasteiger partial charge in [0, 0.05) is 12.1 Å². The van der Waals surface area contributed by atoms with Crippen molar-refractivity contribution in [1.82, 2.24) is 4.98 Å². The number of allylic oxidation sites excluding steroid dienone is 1. The minimum Gasteiger partial charge on any atom is -0.439 e. The Morgan fingerprint density at radius 2 is 1.94 bits per heavy atom. The van der Waals surface area contributed by atoms with Gasteiger partial charge in [-0.05, 0) is 67.3 Å². The molecule has 1 saturated carbocycles. The Morgan fingerprint density at radius 3 is 2.57 bits per heavy atom. The summed E-state index contributed by atoms with van der Waals surface area (Å²) in [5.74, 6) is 2.28. The van der Waals surface area contributed by atoms with Gasteiger partial charge in [-0.15, -0.1) is 0 Å². The van der Waals surface area contributed by atoms with Crippen molar-refractivity contribution >= 4 is 21.8 Å². The van der Waals surface area contributed by atoms with Crippen LogP contribution in [-0.4, -0.2) is 26.2 Å². The molecule has 1 aliphatic carbocycles. The van der Waals surface area contributed by atoms with Gasteiger partial charge >= 0.3 is 0 Å². The SMILES string of the molecule is CCCN(c1cc(C=CC2CC2C)cc(-c2ncc([C@@](C)(N)Cc3ccccc3)o2)c1)S(C)(=O)=O. The van der Waals surface area contributed by atoms with Crippen LogP contribution in [0.1, 0.15) is 50.5 Å². The van der Waals surface area contributed by atoms with E-state index >= 15 is 0 Å². The molecule has 1 fully saturated rings. The fourth-order valence-corrected chi connectivity index (χ4v) is 5.32. The molecule has 0 saturated heterocycles. The third-order valence-electron chi connectivity index (χ3n) is 6.49. The summed E-state index contributed by atoms with van der Waals surface area (Å²) in [6, 6.07) is 15.8. The number of benzene rings is 2. The summed E-state index contributed by atoms with van der Waals surface area (Å²) in [7, 11) is -3.44. The molecule has 0 aliphatic heterocycles. The summed E-state index contributed by atoms with van der Waals surface area (Å²) in [5, 5.41) is 0.